The predicted molar refractivity (Wildman–Crippen MR) is 344 cm³/mol. The van der Waals surface area contributed by atoms with Gasteiger partial charge in [-0.2, -0.15) is 0 Å². The smallest absolute Gasteiger partial charge is 0.474 e. The average Bonchev–Trinajstić information content (AvgIpc) is 1.36. The van der Waals surface area contributed by atoms with Crippen molar-refractivity contribution in [3.63, 3.8) is 0 Å². The Balaban J connectivity index is 1.06. The number of esters is 2. The number of nitrogens with one attached hydrogen (secondary N) is 3. The number of rotatable bonds is 47. The molecule has 16 nitrogen and oxygen atoms in total. The van der Waals surface area contributed by atoms with Gasteiger partial charge in [-0.1, -0.05) is 108 Å². The van der Waals surface area contributed by atoms with Crippen LogP contribution in [-0.4, -0.2) is 80.0 Å². The summed E-state index contributed by atoms with van der Waals surface area (Å²) in [5, 5.41) is 20.9. The molecule has 0 saturated carbocycles. The topological polar surface area (TPSA) is 218 Å². The van der Waals surface area contributed by atoms with Gasteiger partial charge >= 0.3 is 19.8 Å². The number of hydrogen-bond acceptors (Lipinski definition) is 14. The van der Waals surface area contributed by atoms with Crippen molar-refractivity contribution in [2.75, 3.05) is 45.3 Å². The number of allylic oxidation sites excluding steroid dienone is 4. The number of aryl methyl sites for hydroxylation is 1. The van der Waals surface area contributed by atoms with Crippen LogP contribution in [0.4, 0.5) is 5.69 Å². The molecule has 4 rings (SSSR count). The van der Waals surface area contributed by atoms with Crippen molar-refractivity contribution >= 4 is 65.4 Å². The van der Waals surface area contributed by atoms with Crippen LogP contribution in [0, 0.1) is 6.92 Å². The summed E-state index contributed by atoms with van der Waals surface area (Å²) in [7, 11) is -2.92. The van der Waals surface area contributed by atoms with Gasteiger partial charge in [0.15, 0.2) is 16.6 Å². The first-order valence-corrected chi connectivity index (χ1v) is 33.3. The molecule has 2 atom stereocenters. The van der Waals surface area contributed by atoms with E-state index in [2.05, 4.69) is 54.1 Å². The molecule has 0 radical (unpaired) electrons. The Morgan fingerprint density at radius 1 is 0.635 bits per heavy atom. The number of anilines is 1. The maximum atomic E-state index is 13.4. The van der Waals surface area contributed by atoms with E-state index < -0.39 is 25.9 Å². The lowest BCUT2D eigenvalue weighted by molar-refractivity contribution is -0.161. The van der Waals surface area contributed by atoms with Crippen LogP contribution in [-0.2, 0) is 46.8 Å². The van der Waals surface area contributed by atoms with Crippen molar-refractivity contribution in [1.29, 1.82) is 0 Å². The van der Waals surface area contributed by atoms with Crippen molar-refractivity contribution in [3.05, 3.63) is 94.7 Å². The second-order valence-electron chi connectivity index (χ2n) is 21.9. The molecule has 470 valence electrons. The number of phosphoric acid groups is 1. The summed E-state index contributed by atoms with van der Waals surface area (Å²) in [4.78, 5) is 63.0. The Labute approximate surface area is 511 Å². The average molecular weight is 1220 g/mol. The highest BCUT2D eigenvalue weighted by Gasteiger charge is 2.29. The molecule has 0 saturated heterocycles. The van der Waals surface area contributed by atoms with E-state index in [4.69, 9.17) is 39.7 Å². The van der Waals surface area contributed by atoms with Gasteiger partial charge in [0.2, 0.25) is 5.91 Å². The van der Waals surface area contributed by atoms with Crippen LogP contribution in [0.5, 0.6) is 5.75 Å². The highest BCUT2D eigenvalue weighted by atomic mass is 32.1. The van der Waals surface area contributed by atoms with E-state index in [1.807, 2.05) is 31.2 Å². The SMILES string of the molecule is CCCC/C=C/CCCCCCCC(=O)OCC(COP(=O)(OC)OCCCC(=O)CCCCC(=O)NCCCCCNC(=S)Nc1ccc(-c2c3ccc(=O)cc-3oc3cc(O)ccc23)c(C)c1)OC(=O)CCCCCCC/C=C/CCCC. The van der Waals surface area contributed by atoms with Gasteiger partial charge in [-0.3, -0.25) is 37.5 Å². The number of hydrogen-bond donors (Lipinski definition) is 4. The molecule has 2 aliphatic rings. The Morgan fingerprint density at radius 3 is 1.89 bits per heavy atom. The van der Waals surface area contributed by atoms with E-state index in [0.29, 0.717) is 68.1 Å². The standard InChI is InChI=1S/C67H98N3O13PS/c1-5-7-9-11-13-15-17-19-21-23-26-36-64(75)79-50-57(82-65(76)37-27-24-22-20-18-16-14-12-10-8-6-2)51-81-84(77,78-4)80-46-32-34-54(71)33-28-29-35-63(74)68-44-30-25-31-45-69-67(85)70-53-38-41-58(52(3)47-53)66-59-42-39-55(72)48-61(59)83-62-49-56(73)40-43-60(62)66/h11-14,38-43,47-49,57,72H,5-10,15-37,44-46,50-51H2,1-4H3,(H,68,74)(H2,69,70,85)/b13-11+,14-12+. The summed E-state index contributed by atoms with van der Waals surface area (Å²) in [6.07, 6.45) is 32.1. The highest BCUT2D eigenvalue weighted by molar-refractivity contribution is 7.80. The molecular weight excluding hydrogens is 1120 g/mol. The quantitative estimate of drug-likeness (QED) is 0.00807. The maximum Gasteiger partial charge on any atom is 0.474 e. The number of aromatic hydroxyl groups is 1. The zero-order chi connectivity index (χ0) is 61.3. The number of thiocarbonyl (C=S) groups is 1. The monoisotopic (exact) mass is 1220 g/mol. The first-order valence-electron chi connectivity index (χ1n) is 31.5. The molecule has 1 aliphatic carbocycles. The Morgan fingerprint density at radius 2 is 1.22 bits per heavy atom. The Bertz CT molecular complexity index is 2760. The third-order valence-corrected chi connectivity index (χ3v) is 16.2. The normalized spacial score (nSPS) is 12.7. The molecule has 0 fully saturated rings. The number of Topliss-reactive ketones (excluding diaryl/α,β-unsaturated/α-hetero) is 1. The summed E-state index contributed by atoms with van der Waals surface area (Å²) in [6, 6.07) is 15.7. The fourth-order valence-corrected chi connectivity index (χ4v) is 10.9. The number of amides is 1. The summed E-state index contributed by atoms with van der Waals surface area (Å²) < 4.78 is 46.8. The lowest BCUT2D eigenvalue weighted by Crippen LogP contribution is -2.29. The van der Waals surface area contributed by atoms with Gasteiger partial charge in [0.05, 0.1) is 13.2 Å². The molecule has 4 N–H and O–H groups in total. The second kappa shape index (κ2) is 43.0. The summed E-state index contributed by atoms with van der Waals surface area (Å²) in [5.41, 5.74) is 4.76. The fourth-order valence-electron chi connectivity index (χ4n) is 9.65. The number of phenolic OH excluding ortho intramolecular Hbond substituents is 1. The van der Waals surface area contributed by atoms with Gasteiger partial charge in [0, 0.05) is 86.6 Å². The number of phosphoric ester groups is 1. The largest absolute Gasteiger partial charge is 0.508 e. The molecule has 1 heterocycles. The number of benzene rings is 3. The van der Waals surface area contributed by atoms with Gasteiger partial charge < -0.3 is 34.9 Å². The predicted octanol–water partition coefficient (Wildman–Crippen LogP) is 16.3. The first-order chi connectivity index (χ1) is 41.2. The van der Waals surface area contributed by atoms with Crippen molar-refractivity contribution in [3.8, 4) is 28.2 Å². The van der Waals surface area contributed by atoms with Crippen molar-refractivity contribution < 1.29 is 56.3 Å². The maximum absolute atomic E-state index is 13.4. The van der Waals surface area contributed by atoms with E-state index in [-0.39, 0.29) is 68.4 Å². The molecule has 0 spiro atoms. The summed E-state index contributed by atoms with van der Waals surface area (Å²) in [5.74, 6) is -0.417. The van der Waals surface area contributed by atoms with E-state index in [1.54, 1.807) is 18.2 Å². The van der Waals surface area contributed by atoms with Crippen LogP contribution in [0.3, 0.4) is 0 Å². The number of carbonyl (C=O) groups excluding carboxylic acids is 4. The van der Waals surface area contributed by atoms with Gasteiger partial charge in [0.1, 0.15) is 29.5 Å². The molecule has 85 heavy (non-hydrogen) atoms. The van der Waals surface area contributed by atoms with E-state index >= 15 is 0 Å². The fraction of sp³-hybridized carbons (Fsp3) is 0.582. The number of ketones is 1. The molecule has 2 aromatic carbocycles. The first kappa shape index (κ1) is 71.8. The molecular formula is C67H98N3O13PS. The summed E-state index contributed by atoms with van der Waals surface area (Å²) in [6.45, 7) is 6.88. The molecule has 2 aromatic rings. The van der Waals surface area contributed by atoms with Crippen LogP contribution in [0.2, 0.25) is 0 Å². The lowest BCUT2D eigenvalue weighted by Gasteiger charge is -2.21. The van der Waals surface area contributed by atoms with Gasteiger partial charge in [-0.25, -0.2) is 4.57 Å². The van der Waals surface area contributed by atoms with Crippen molar-refractivity contribution in [2.45, 2.75) is 213 Å². The van der Waals surface area contributed by atoms with E-state index in [9.17, 15) is 33.6 Å². The van der Waals surface area contributed by atoms with Gasteiger partial charge in [0.25, 0.3) is 0 Å². The number of phenols is 1. The zero-order valence-electron chi connectivity index (χ0n) is 51.3. The summed E-state index contributed by atoms with van der Waals surface area (Å²) >= 11 is 5.58. The van der Waals surface area contributed by atoms with Gasteiger partial charge in [-0.05, 0) is 157 Å². The molecule has 1 aliphatic heterocycles. The van der Waals surface area contributed by atoms with Crippen LogP contribution < -0.4 is 21.4 Å². The number of carbonyl (C=O) groups is 4. The number of ether oxygens (including phenoxy) is 2. The molecule has 2 unspecified atom stereocenters. The molecule has 1 amide bonds. The minimum absolute atomic E-state index is 0.00460. The third-order valence-electron chi connectivity index (χ3n) is 14.5. The van der Waals surface area contributed by atoms with Crippen LogP contribution >= 0.6 is 20.0 Å². The Kier molecular flexibility index (Phi) is 36.3. The number of unbranched alkanes of at least 4 members (excludes halogenated alkanes) is 17. The van der Waals surface area contributed by atoms with E-state index in [1.165, 1.54) is 44.9 Å². The number of fused-ring (bicyclic) bond motifs is 2. The Hall–Kier alpha value is -5.71. The van der Waals surface area contributed by atoms with Crippen molar-refractivity contribution in [1.82, 2.24) is 10.6 Å². The minimum atomic E-state index is -4.11. The minimum Gasteiger partial charge on any atom is -0.508 e. The second-order valence-corrected chi connectivity index (χ2v) is 24.1. The lowest BCUT2D eigenvalue weighted by atomic mass is 9.91. The van der Waals surface area contributed by atoms with Crippen LogP contribution in [0.1, 0.15) is 206 Å². The van der Waals surface area contributed by atoms with Crippen LogP contribution in [0.25, 0.3) is 33.4 Å². The third kappa shape index (κ3) is 30.5. The van der Waals surface area contributed by atoms with E-state index in [0.717, 1.165) is 130 Å². The molecule has 18 heteroatoms. The van der Waals surface area contributed by atoms with Crippen LogP contribution in [0.15, 0.2) is 88.1 Å². The van der Waals surface area contributed by atoms with Crippen molar-refractivity contribution in [2.24, 2.45) is 0 Å². The zero-order valence-corrected chi connectivity index (χ0v) is 53.0. The molecule has 0 bridgehead atoms. The molecule has 0 aromatic heterocycles. The van der Waals surface area contributed by atoms with Gasteiger partial charge in [-0.15, -0.1) is 0 Å². The highest BCUT2D eigenvalue weighted by Crippen LogP contribution is 2.49.